The molecule has 0 heterocycles. The molecule has 1 aliphatic carbocycles. The number of hydrogen-bond acceptors (Lipinski definition) is 3. The Balaban J connectivity index is 2.69. The molecule has 0 aromatic carbocycles. The van der Waals surface area contributed by atoms with Crippen LogP contribution in [-0.2, 0) is 10.0 Å². The monoisotopic (exact) mass is 290 g/mol. The van der Waals surface area contributed by atoms with Crippen LogP contribution < -0.4 is 10.5 Å². The van der Waals surface area contributed by atoms with Gasteiger partial charge in [-0.25, -0.2) is 13.1 Å². The third kappa shape index (κ3) is 5.79. The molecule has 0 radical (unpaired) electrons. The van der Waals surface area contributed by atoms with Crippen LogP contribution >= 0.6 is 0 Å². The molecule has 1 rings (SSSR count). The lowest BCUT2D eigenvalue weighted by atomic mass is 9.77. The van der Waals surface area contributed by atoms with Gasteiger partial charge in [-0.3, -0.25) is 0 Å². The first kappa shape index (κ1) is 16.9. The minimum Gasteiger partial charge on any atom is -0.329 e. The Kier molecular flexibility index (Phi) is 5.43. The van der Waals surface area contributed by atoms with E-state index in [-0.39, 0.29) is 11.2 Å². The van der Waals surface area contributed by atoms with Crippen LogP contribution in [0.25, 0.3) is 0 Å². The fraction of sp³-hybridized carbons (Fsp3) is 1.00. The lowest BCUT2D eigenvalue weighted by Gasteiger charge is -2.39. The third-order valence-corrected chi connectivity index (χ3v) is 5.46. The van der Waals surface area contributed by atoms with Crippen LogP contribution in [0, 0.1) is 11.3 Å². The molecule has 114 valence electrons. The van der Waals surface area contributed by atoms with Gasteiger partial charge in [0.1, 0.15) is 0 Å². The molecule has 0 bridgehead atoms. The van der Waals surface area contributed by atoms with E-state index < -0.39 is 15.6 Å². The second-order valence-electron chi connectivity index (χ2n) is 7.42. The van der Waals surface area contributed by atoms with Crippen molar-refractivity contribution in [1.82, 2.24) is 4.72 Å². The summed E-state index contributed by atoms with van der Waals surface area (Å²) in [7, 11) is -3.24. The lowest BCUT2D eigenvalue weighted by Crippen LogP contribution is -2.56. The number of rotatable bonds is 5. The first-order chi connectivity index (χ1) is 8.58. The van der Waals surface area contributed by atoms with Crippen molar-refractivity contribution in [2.75, 3.05) is 12.3 Å². The molecule has 0 aromatic rings. The molecule has 1 saturated carbocycles. The number of nitrogens with two attached hydrogens (primary N) is 1. The lowest BCUT2D eigenvalue weighted by molar-refractivity contribution is 0.222. The van der Waals surface area contributed by atoms with Crippen LogP contribution in [0.1, 0.15) is 59.8 Å². The zero-order valence-electron chi connectivity index (χ0n) is 12.8. The van der Waals surface area contributed by atoms with Crippen LogP contribution in [-0.4, -0.2) is 26.3 Å². The normalized spacial score (nSPS) is 29.4. The van der Waals surface area contributed by atoms with E-state index in [2.05, 4.69) is 32.4 Å². The molecule has 19 heavy (non-hydrogen) atoms. The molecule has 1 fully saturated rings. The van der Waals surface area contributed by atoms with Gasteiger partial charge >= 0.3 is 0 Å². The summed E-state index contributed by atoms with van der Waals surface area (Å²) in [6.45, 7) is 8.75. The van der Waals surface area contributed by atoms with E-state index in [0.717, 1.165) is 19.3 Å². The second kappa shape index (κ2) is 6.10. The van der Waals surface area contributed by atoms with Crippen molar-refractivity contribution in [1.29, 1.82) is 0 Å². The second-order valence-corrected chi connectivity index (χ2v) is 9.26. The maximum Gasteiger partial charge on any atom is 0.212 e. The van der Waals surface area contributed by atoms with Crippen molar-refractivity contribution in [3.63, 3.8) is 0 Å². The van der Waals surface area contributed by atoms with Gasteiger partial charge in [0.05, 0.1) is 5.75 Å². The van der Waals surface area contributed by atoms with Crippen molar-refractivity contribution < 1.29 is 8.42 Å². The molecule has 1 aliphatic rings. The van der Waals surface area contributed by atoms with Gasteiger partial charge in [0, 0.05) is 12.1 Å². The van der Waals surface area contributed by atoms with E-state index in [9.17, 15) is 8.42 Å². The fourth-order valence-electron chi connectivity index (χ4n) is 2.80. The highest BCUT2D eigenvalue weighted by Gasteiger charge is 2.37. The zero-order chi connectivity index (χ0) is 14.7. The van der Waals surface area contributed by atoms with Crippen LogP contribution in [0.2, 0.25) is 0 Å². The first-order valence-electron chi connectivity index (χ1n) is 7.29. The predicted octanol–water partition coefficient (Wildman–Crippen LogP) is 2.25. The van der Waals surface area contributed by atoms with Crippen molar-refractivity contribution in [3.8, 4) is 0 Å². The van der Waals surface area contributed by atoms with Crippen molar-refractivity contribution in [2.45, 2.75) is 65.3 Å². The van der Waals surface area contributed by atoms with E-state index in [1.165, 1.54) is 6.42 Å². The highest BCUT2D eigenvalue weighted by atomic mass is 32.2. The summed E-state index contributed by atoms with van der Waals surface area (Å²) in [5, 5.41) is 0. The molecule has 4 nitrogen and oxygen atoms in total. The molecule has 0 saturated heterocycles. The first-order valence-corrected chi connectivity index (χ1v) is 8.94. The summed E-state index contributed by atoms with van der Waals surface area (Å²) in [5.41, 5.74) is 5.49. The van der Waals surface area contributed by atoms with E-state index in [1.54, 1.807) is 0 Å². The number of nitrogens with one attached hydrogen (secondary N) is 1. The Bertz CT molecular complexity index is 387. The van der Waals surface area contributed by atoms with Crippen molar-refractivity contribution >= 4 is 10.0 Å². The smallest absolute Gasteiger partial charge is 0.212 e. The van der Waals surface area contributed by atoms with Crippen LogP contribution in [0.15, 0.2) is 0 Å². The topological polar surface area (TPSA) is 72.2 Å². The minimum absolute atomic E-state index is 0.0322. The standard InChI is InChI=1S/C14H30N2O2S/c1-12-6-5-7-14(10-12,11-15)16-19(17,18)9-8-13(2,3)4/h12,16H,5-11,15H2,1-4H3. The van der Waals surface area contributed by atoms with E-state index in [4.69, 9.17) is 5.73 Å². The molecule has 3 N–H and O–H groups in total. The van der Waals surface area contributed by atoms with Crippen LogP contribution in [0.4, 0.5) is 0 Å². The van der Waals surface area contributed by atoms with Gasteiger partial charge in [-0.05, 0) is 30.6 Å². The molecule has 0 aliphatic heterocycles. The molecule has 2 atom stereocenters. The van der Waals surface area contributed by atoms with Crippen molar-refractivity contribution in [3.05, 3.63) is 0 Å². The fourth-order valence-corrected chi connectivity index (χ4v) is 4.71. The molecular weight excluding hydrogens is 260 g/mol. The Morgan fingerprint density at radius 1 is 1.37 bits per heavy atom. The van der Waals surface area contributed by atoms with Gasteiger partial charge in [0.2, 0.25) is 10.0 Å². The van der Waals surface area contributed by atoms with E-state index in [1.807, 2.05) is 0 Å². The highest BCUT2D eigenvalue weighted by Crippen LogP contribution is 2.32. The SMILES string of the molecule is CC1CCCC(CN)(NS(=O)(=O)CCC(C)(C)C)C1. The molecular formula is C14H30N2O2S. The Labute approximate surface area is 118 Å². The summed E-state index contributed by atoms with van der Waals surface area (Å²) in [6.07, 6.45) is 4.62. The quantitative estimate of drug-likeness (QED) is 0.815. The van der Waals surface area contributed by atoms with Gasteiger partial charge in [-0.2, -0.15) is 0 Å². The summed E-state index contributed by atoms with van der Waals surface area (Å²) in [4.78, 5) is 0. The summed E-state index contributed by atoms with van der Waals surface area (Å²) in [6, 6.07) is 0. The molecule has 2 unspecified atom stereocenters. The summed E-state index contributed by atoms with van der Waals surface area (Å²) in [5.74, 6) is 0.731. The van der Waals surface area contributed by atoms with E-state index >= 15 is 0 Å². The average molecular weight is 290 g/mol. The Hall–Kier alpha value is -0.130. The zero-order valence-corrected chi connectivity index (χ0v) is 13.6. The molecule has 0 spiro atoms. The van der Waals surface area contributed by atoms with Crippen molar-refractivity contribution in [2.24, 2.45) is 17.1 Å². The largest absolute Gasteiger partial charge is 0.329 e. The summed E-state index contributed by atoms with van der Waals surface area (Å²) < 4.78 is 27.4. The van der Waals surface area contributed by atoms with Gasteiger partial charge in [0.25, 0.3) is 0 Å². The third-order valence-electron chi connectivity index (χ3n) is 3.97. The van der Waals surface area contributed by atoms with Gasteiger partial charge in [-0.1, -0.05) is 40.5 Å². The maximum atomic E-state index is 12.2. The molecule has 5 heteroatoms. The predicted molar refractivity (Wildman–Crippen MR) is 80.4 cm³/mol. The van der Waals surface area contributed by atoms with Crippen LogP contribution in [0.5, 0.6) is 0 Å². The Morgan fingerprint density at radius 2 is 2.00 bits per heavy atom. The van der Waals surface area contributed by atoms with Gasteiger partial charge in [0.15, 0.2) is 0 Å². The number of hydrogen-bond donors (Lipinski definition) is 2. The molecule has 0 aromatic heterocycles. The van der Waals surface area contributed by atoms with Crippen LogP contribution in [0.3, 0.4) is 0 Å². The Morgan fingerprint density at radius 3 is 2.47 bits per heavy atom. The minimum atomic E-state index is -3.24. The highest BCUT2D eigenvalue weighted by molar-refractivity contribution is 7.89. The summed E-state index contributed by atoms with van der Waals surface area (Å²) >= 11 is 0. The van der Waals surface area contributed by atoms with E-state index in [0.29, 0.717) is 18.9 Å². The molecule has 0 amide bonds. The maximum absolute atomic E-state index is 12.2. The van der Waals surface area contributed by atoms with Gasteiger partial charge < -0.3 is 5.73 Å². The number of sulfonamides is 1. The average Bonchev–Trinajstić information content (AvgIpc) is 2.25. The van der Waals surface area contributed by atoms with Gasteiger partial charge in [-0.15, -0.1) is 0 Å².